The van der Waals surface area contributed by atoms with Gasteiger partial charge in [-0.1, -0.05) is 80.9 Å². The Balaban J connectivity index is 1.63. The molecule has 3 N–H and O–H groups in total. The van der Waals surface area contributed by atoms with Crippen molar-refractivity contribution in [2.45, 2.75) is 167 Å². The van der Waals surface area contributed by atoms with Crippen molar-refractivity contribution < 1.29 is 43.0 Å². The highest BCUT2D eigenvalue weighted by Crippen LogP contribution is 2.29. The molecule has 1 unspecified atom stereocenters. The van der Waals surface area contributed by atoms with Crippen molar-refractivity contribution in [1.29, 1.82) is 0 Å². The van der Waals surface area contributed by atoms with E-state index in [0.717, 1.165) is 57.8 Å². The van der Waals surface area contributed by atoms with Crippen LogP contribution in [0.5, 0.6) is 0 Å². The Labute approximate surface area is 335 Å². The summed E-state index contributed by atoms with van der Waals surface area (Å²) in [5, 5.41) is 8.55. The number of hydrogen-bond donors (Lipinski definition) is 3. The van der Waals surface area contributed by atoms with Crippen molar-refractivity contribution in [3.05, 3.63) is 0 Å². The van der Waals surface area contributed by atoms with Gasteiger partial charge in [-0.2, -0.15) is 0 Å². The number of amides is 5. The van der Waals surface area contributed by atoms with Crippen LogP contribution < -0.4 is 16.0 Å². The van der Waals surface area contributed by atoms with E-state index in [4.69, 9.17) is 9.47 Å². The van der Waals surface area contributed by atoms with Crippen molar-refractivity contribution in [2.75, 3.05) is 31.7 Å². The number of carbonyl (C=O) groups is 7. The number of fused-ring (bicyclic) bond motifs is 2. The molecule has 3 heterocycles. The molecule has 14 nitrogen and oxygen atoms in total. The SMILES string of the molecule is CCC(CCCCCCCCCCC(=O)N[C@H]1CSSC[C@@H](C(=O)OC)NC(=O)[C@H](CC(C)C)NC(=O)[C@@H]2CCCN2C(=O)[C@@H]2CCCN2C1=O)OC(C)=O. The number of esters is 2. The van der Waals surface area contributed by atoms with Gasteiger partial charge in [0.15, 0.2) is 0 Å². The van der Waals surface area contributed by atoms with Gasteiger partial charge in [0, 0.05) is 37.9 Å². The topological polar surface area (TPSA) is 181 Å². The molecule has 0 bridgehead atoms. The third-order valence-corrected chi connectivity index (χ3v) is 12.9. The summed E-state index contributed by atoms with van der Waals surface area (Å²) in [6.07, 6.45) is 12.5. The van der Waals surface area contributed by atoms with Crippen LogP contribution in [0.1, 0.15) is 130 Å². The van der Waals surface area contributed by atoms with Crippen LogP contribution in [0.4, 0.5) is 0 Å². The summed E-state index contributed by atoms with van der Waals surface area (Å²) < 4.78 is 10.3. The molecular weight excluding hydrogens is 747 g/mol. The zero-order valence-corrected chi connectivity index (χ0v) is 35.2. The van der Waals surface area contributed by atoms with Crippen molar-refractivity contribution >= 4 is 63.1 Å². The van der Waals surface area contributed by atoms with Crippen LogP contribution in [0.25, 0.3) is 0 Å². The molecule has 0 radical (unpaired) electrons. The third-order valence-electron chi connectivity index (χ3n) is 10.5. The fourth-order valence-corrected chi connectivity index (χ4v) is 9.81. The highest BCUT2D eigenvalue weighted by atomic mass is 33.1. The van der Waals surface area contributed by atoms with Gasteiger partial charge in [0.1, 0.15) is 36.3 Å². The Morgan fingerprint density at radius 2 is 1.42 bits per heavy atom. The Morgan fingerprint density at radius 3 is 2.04 bits per heavy atom. The Hall–Kier alpha value is -3.01. The summed E-state index contributed by atoms with van der Waals surface area (Å²) in [5.41, 5.74) is 0. The quantitative estimate of drug-likeness (QED) is 0.108. The minimum Gasteiger partial charge on any atom is -0.467 e. The molecule has 0 aliphatic carbocycles. The molecule has 312 valence electrons. The lowest BCUT2D eigenvalue weighted by atomic mass is 10.0. The maximum Gasteiger partial charge on any atom is 0.329 e. The highest BCUT2D eigenvalue weighted by Gasteiger charge is 2.44. The van der Waals surface area contributed by atoms with E-state index in [1.807, 2.05) is 20.8 Å². The largest absolute Gasteiger partial charge is 0.467 e. The predicted octanol–water partition coefficient (Wildman–Crippen LogP) is 4.28. The predicted molar refractivity (Wildman–Crippen MR) is 214 cm³/mol. The zero-order chi connectivity index (χ0) is 40.3. The molecule has 0 aromatic carbocycles. The maximum absolute atomic E-state index is 14.1. The number of rotatable bonds is 17. The lowest BCUT2D eigenvalue weighted by Gasteiger charge is -2.33. The van der Waals surface area contributed by atoms with E-state index in [1.165, 1.54) is 40.5 Å². The second-order valence-corrected chi connectivity index (χ2v) is 17.9. The third kappa shape index (κ3) is 15.5. The van der Waals surface area contributed by atoms with Gasteiger partial charge in [-0.25, -0.2) is 4.79 Å². The minimum absolute atomic E-state index is 0.00211. The summed E-state index contributed by atoms with van der Waals surface area (Å²) >= 11 is 0. The van der Waals surface area contributed by atoms with Gasteiger partial charge in [0.25, 0.3) is 0 Å². The van der Waals surface area contributed by atoms with Crippen LogP contribution in [0.3, 0.4) is 0 Å². The molecule has 3 rings (SSSR count). The highest BCUT2D eigenvalue weighted by molar-refractivity contribution is 8.76. The average molecular weight is 812 g/mol. The van der Waals surface area contributed by atoms with Crippen LogP contribution in [0.15, 0.2) is 0 Å². The minimum atomic E-state index is -1.01. The van der Waals surface area contributed by atoms with Gasteiger partial charge in [-0.15, -0.1) is 0 Å². The van der Waals surface area contributed by atoms with Crippen molar-refractivity contribution in [2.24, 2.45) is 5.92 Å². The van der Waals surface area contributed by atoms with E-state index in [1.54, 1.807) is 4.90 Å². The summed E-state index contributed by atoms with van der Waals surface area (Å²) in [7, 11) is 3.81. The summed E-state index contributed by atoms with van der Waals surface area (Å²) in [6, 6.07) is -4.35. The Morgan fingerprint density at radius 1 is 0.818 bits per heavy atom. The molecule has 0 aromatic rings. The van der Waals surface area contributed by atoms with Crippen LogP contribution in [0, 0.1) is 5.92 Å². The molecule has 0 aromatic heterocycles. The summed E-state index contributed by atoms with van der Waals surface area (Å²) in [6.45, 7) is 8.08. The van der Waals surface area contributed by atoms with Crippen LogP contribution in [-0.2, 0) is 43.0 Å². The molecular formula is C39H65N5O9S2. The summed E-state index contributed by atoms with van der Waals surface area (Å²) in [4.78, 5) is 95.6. The van der Waals surface area contributed by atoms with E-state index in [0.29, 0.717) is 51.6 Å². The van der Waals surface area contributed by atoms with E-state index in [9.17, 15) is 33.6 Å². The number of ether oxygens (including phenoxy) is 2. The first-order valence-electron chi connectivity index (χ1n) is 20.4. The Kier molecular flexibility index (Phi) is 20.7. The standard InChI is InChI=1S/C39H65N5O9S2/c1-6-28(53-27(4)45)17-13-11-9-7-8-10-12-14-20-34(46)40-30-24-54-55-25-31(39(51)52-5)42-35(47)29(23-26(2)3)41-36(48)32-18-15-21-43(32)38(50)33-19-16-22-44(33)37(30)49/h26,28-33H,6-25H2,1-5H3,(H,40,46)(H,41,48)(H,42,47)/t28?,29-,30-,31-,32-,33-/m0/s1. The molecule has 3 aliphatic rings. The van der Waals surface area contributed by atoms with E-state index in [-0.39, 0.29) is 53.6 Å². The second-order valence-electron chi connectivity index (χ2n) is 15.4. The first-order valence-corrected chi connectivity index (χ1v) is 22.8. The van der Waals surface area contributed by atoms with Gasteiger partial charge in [-0.3, -0.25) is 28.8 Å². The van der Waals surface area contributed by atoms with Crippen molar-refractivity contribution in [3.63, 3.8) is 0 Å². The van der Waals surface area contributed by atoms with E-state index < -0.39 is 48.0 Å². The smallest absolute Gasteiger partial charge is 0.329 e. The first kappa shape index (κ1) is 46.4. The number of carbonyl (C=O) groups excluding carboxylic acids is 7. The molecule has 5 amide bonds. The van der Waals surface area contributed by atoms with Crippen LogP contribution in [-0.4, -0.2) is 119 Å². The lowest BCUT2D eigenvalue weighted by molar-refractivity contribution is -0.148. The molecule has 3 saturated heterocycles. The average Bonchev–Trinajstić information content (AvgIpc) is 3.85. The lowest BCUT2D eigenvalue weighted by Crippen LogP contribution is -2.58. The Bertz CT molecular complexity index is 1300. The van der Waals surface area contributed by atoms with E-state index in [2.05, 4.69) is 16.0 Å². The van der Waals surface area contributed by atoms with Gasteiger partial charge in [0.05, 0.1) is 7.11 Å². The number of nitrogens with zero attached hydrogens (tertiary/aromatic N) is 2. The van der Waals surface area contributed by atoms with Gasteiger partial charge in [0.2, 0.25) is 29.5 Å². The van der Waals surface area contributed by atoms with Gasteiger partial charge < -0.3 is 35.2 Å². The maximum atomic E-state index is 14.1. The van der Waals surface area contributed by atoms with Gasteiger partial charge >= 0.3 is 11.9 Å². The van der Waals surface area contributed by atoms with Gasteiger partial charge in [-0.05, 0) is 63.7 Å². The molecule has 6 atom stereocenters. The van der Waals surface area contributed by atoms with E-state index >= 15 is 0 Å². The van der Waals surface area contributed by atoms with Crippen LogP contribution >= 0.6 is 21.6 Å². The number of methoxy groups -OCH3 is 1. The summed E-state index contributed by atoms with van der Waals surface area (Å²) in [5.74, 6) is -2.29. The molecule has 16 heteroatoms. The van der Waals surface area contributed by atoms with Crippen molar-refractivity contribution in [1.82, 2.24) is 25.8 Å². The fraction of sp³-hybridized carbons (Fsp3) is 0.821. The van der Waals surface area contributed by atoms with Crippen molar-refractivity contribution in [3.8, 4) is 0 Å². The fourth-order valence-electron chi connectivity index (χ4n) is 7.51. The normalized spacial score (nSPS) is 24.7. The van der Waals surface area contributed by atoms with Crippen LogP contribution in [0.2, 0.25) is 0 Å². The number of hydrogen-bond acceptors (Lipinski definition) is 11. The molecule has 3 aliphatic heterocycles. The molecule has 55 heavy (non-hydrogen) atoms. The monoisotopic (exact) mass is 811 g/mol. The number of unbranched alkanes of at least 4 members (excludes halogenated alkanes) is 7. The zero-order valence-electron chi connectivity index (χ0n) is 33.6. The second kappa shape index (κ2) is 24.6. The number of nitrogens with one attached hydrogen (secondary N) is 3. The molecule has 0 spiro atoms. The first-order chi connectivity index (χ1) is 26.4. The molecule has 0 saturated carbocycles. The molecule has 3 fully saturated rings.